The van der Waals surface area contributed by atoms with Crippen molar-refractivity contribution in [2.75, 3.05) is 27.4 Å². The van der Waals surface area contributed by atoms with Crippen LogP contribution >= 0.6 is 0 Å². The third-order valence-electron chi connectivity index (χ3n) is 5.04. The number of rotatable bonds is 10. The molecule has 1 aliphatic heterocycles. The van der Waals surface area contributed by atoms with Gasteiger partial charge < -0.3 is 19.3 Å². The summed E-state index contributed by atoms with van der Waals surface area (Å²) >= 11 is 0. The van der Waals surface area contributed by atoms with E-state index in [2.05, 4.69) is 0 Å². The maximum absolute atomic E-state index is 12.9. The fourth-order valence-corrected chi connectivity index (χ4v) is 3.47. The highest BCUT2D eigenvalue weighted by atomic mass is 16.5. The van der Waals surface area contributed by atoms with Crippen LogP contribution in [-0.2, 0) is 20.9 Å². The molecular weight excluding hydrogens is 368 g/mol. The zero-order valence-corrected chi connectivity index (χ0v) is 16.7. The smallest absolute Gasteiger partial charge is 0.248 e. The van der Waals surface area contributed by atoms with Crippen molar-refractivity contribution in [3.8, 4) is 5.75 Å². The van der Waals surface area contributed by atoms with E-state index in [1.54, 1.807) is 19.1 Å². The maximum Gasteiger partial charge on any atom is 0.248 e. The lowest BCUT2D eigenvalue weighted by Gasteiger charge is -2.49. The van der Waals surface area contributed by atoms with E-state index in [1.165, 1.54) is 4.90 Å². The van der Waals surface area contributed by atoms with Crippen molar-refractivity contribution in [2.45, 2.75) is 18.6 Å². The minimum Gasteiger partial charge on any atom is -0.497 e. The lowest BCUT2D eigenvalue weighted by Crippen LogP contribution is -2.69. The summed E-state index contributed by atoms with van der Waals surface area (Å²) < 4.78 is 10.4. The third kappa shape index (κ3) is 4.84. The second kappa shape index (κ2) is 9.89. The molecule has 6 heteroatoms. The first-order chi connectivity index (χ1) is 14.2. The standard InChI is InChI=1S/C23H26N2O4/c1-28-14-13-24(17-26)22-21(12-11-18-9-6-10-20(15-18)29-2)25(23(22)27)16-19-7-4-3-5-8-19/h3-12,15,17,21-22H,13-14,16H2,1-2H3/b12-11+. The molecule has 2 amide bonds. The average Bonchev–Trinajstić information content (AvgIpc) is 2.77. The second-order valence-corrected chi connectivity index (χ2v) is 6.86. The van der Waals surface area contributed by atoms with Crippen LogP contribution in [0, 0.1) is 0 Å². The van der Waals surface area contributed by atoms with E-state index in [9.17, 15) is 9.59 Å². The van der Waals surface area contributed by atoms with Crippen molar-refractivity contribution in [2.24, 2.45) is 0 Å². The molecule has 2 unspecified atom stereocenters. The highest BCUT2D eigenvalue weighted by Crippen LogP contribution is 2.29. The Kier molecular flexibility index (Phi) is 7.03. The highest BCUT2D eigenvalue weighted by Gasteiger charge is 2.48. The molecule has 2 aromatic rings. The Balaban J connectivity index is 1.83. The van der Waals surface area contributed by atoms with E-state index in [-0.39, 0.29) is 11.9 Å². The number of likely N-dealkylation sites (tertiary alicyclic amines) is 1. The molecule has 0 bridgehead atoms. The summed E-state index contributed by atoms with van der Waals surface area (Å²) in [6.07, 6.45) is 4.67. The SMILES string of the molecule is COCCN(C=O)C1C(=O)N(Cc2ccccc2)C1/C=C/c1cccc(OC)c1. The number of carbonyl (C=O) groups is 2. The highest BCUT2D eigenvalue weighted by molar-refractivity contribution is 5.92. The van der Waals surface area contributed by atoms with Crippen LogP contribution in [0.2, 0.25) is 0 Å². The van der Waals surface area contributed by atoms with Gasteiger partial charge in [-0.2, -0.15) is 0 Å². The van der Waals surface area contributed by atoms with Gasteiger partial charge in [-0.1, -0.05) is 54.6 Å². The van der Waals surface area contributed by atoms with Gasteiger partial charge in [0.25, 0.3) is 0 Å². The summed E-state index contributed by atoms with van der Waals surface area (Å²) in [5, 5.41) is 0. The topological polar surface area (TPSA) is 59.1 Å². The summed E-state index contributed by atoms with van der Waals surface area (Å²) in [6, 6.07) is 16.8. The molecule has 0 N–H and O–H groups in total. The molecule has 3 rings (SSSR count). The molecule has 152 valence electrons. The molecule has 0 aromatic heterocycles. The van der Waals surface area contributed by atoms with Gasteiger partial charge in [0.15, 0.2) is 0 Å². The van der Waals surface area contributed by atoms with Gasteiger partial charge in [-0.15, -0.1) is 0 Å². The second-order valence-electron chi connectivity index (χ2n) is 6.86. The summed E-state index contributed by atoms with van der Waals surface area (Å²) in [4.78, 5) is 27.8. The monoisotopic (exact) mass is 394 g/mol. The predicted molar refractivity (Wildman–Crippen MR) is 111 cm³/mol. The Morgan fingerprint density at radius 1 is 1.10 bits per heavy atom. The van der Waals surface area contributed by atoms with Crippen LogP contribution < -0.4 is 4.74 Å². The number of carbonyl (C=O) groups excluding carboxylic acids is 2. The Morgan fingerprint density at radius 2 is 1.90 bits per heavy atom. The summed E-state index contributed by atoms with van der Waals surface area (Å²) in [5.74, 6) is 0.710. The summed E-state index contributed by atoms with van der Waals surface area (Å²) in [6.45, 7) is 1.26. The van der Waals surface area contributed by atoms with Gasteiger partial charge in [0.2, 0.25) is 12.3 Å². The minimum atomic E-state index is -0.520. The molecule has 1 fully saturated rings. The molecular formula is C23H26N2O4. The molecule has 0 spiro atoms. The molecule has 29 heavy (non-hydrogen) atoms. The quantitative estimate of drug-likeness (QED) is 0.459. The van der Waals surface area contributed by atoms with E-state index >= 15 is 0 Å². The number of β-lactam (4-membered cyclic amide) rings is 1. The number of amides is 2. The molecule has 0 saturated carbocycles. The molecule has 0 aliphatic carbocycles. The van der Waals surface area contributed by atoms with Crippen LogP contribution in [0.1, 0.15) is 11.1 Å². The van der Waals surface area contributed by atoms with Crippen molar-refractivity contribution in [3.05, 3.63) is 71.8 Å². The normalized spacial score (nSPS) is 18.6. The molecule has 1 aliphatic rings. The van der Waals surface area contributed by atoms with Gasteiger partial charge in [0.05, 0.1) is 19.8 Å². The van der Waals surface area contributed by atoms with E-state index in [4.69, 9.17) is 9.47 Å². The van der Waals surface area contributed by atoms with Gasteiger partial charge in [-0.05, 0) is 23.3 Å². The van der Waals surface area contributed by atoms with E-state index in [1.807, 2.05) is 66.7 Å². The Bertz CT molecular complexity index is 853. The van der Waals surface area contributed by atoms with E-state index < -0.39 is 6.04 Å². The van der Waals surface area contributed by atoms with Crippen molar-refractivity contribution in [1.82, 2.24) is 9.80 Å². The predicted octanol–water partition coefficient (Wildman–Crippen LogP) is 2.59. The number of methoxy groups -OCH3 is 2. The van der Waals surface area contributed by atoms with Crippen LogP contribution in [0.15, 0.2) is 60.7 Å². The summed E-state index contributed by atoms with van der Waals surface area (Å²) in [5.41, 5.74) is 2.02. The third-order valence-corrected chi connectivity index (χ3v) is 5.04. The van der Waals surface area contributed by atoms with Crippen molar-refractivity contribution < 1.29 is 19.1 Å². The molecule has 0 radical (unpaired) electrons. The number of hydrogen-bond acceptors (Lipinski definition) is 4. The number of nitrogens with zero attached hydrogens (tertiary/aromatic N) is 2. The zero-order chi connectivity index (χ0) is 20.6. The molecule has 2 atom stereocenters. The van der Waals surface area contributed by atoms with Gasteiger partial charge in [-0.3, -0.25) is 9.59 Å². The fraction of sp³-hybridized carbons (Fsp3) is 0.304. The first kappa shape index (κ1) is 20.6. The van der Waals surface area contributed by atoms with Crippen molar-refractivity contribution in [3.63, 3.8) is 0 Å². The van der Waals surface area contributed by atoms with E-state index in [0.717, 1.165) is 23.3 Å². The van der Waals surface area contributed by atoms with E-state index in [0.29, 0.717) is 19.7 Å². The Morgan fingerprint density at radius 3 is 2.59 bits per heavy atom. The van der Waals surface area contributed by atoms with Gasteiger partial charge in [0.1, 0.15) is 11.8 Å². The average molecular weight is 394 g/mol. The van der Waals surface area contributed by atoms with Crippen LogP contribution in [0.3, 0.4) is 0 Å². The van der Waals surface area contributed by atoms with Crippen molar-refractivity contribution >= 4 is 18.4 Å². The van der Waals surface area contributed by atoms with Crippen LogP contribution in [-0.4, -0.2) is 61.6 Å². The minimum absolute atomic E-state index is 0.0580. The summed E-state index contributed by atoms with van der Waals surface area (Å²) in [7, 11) is 3.20. The van der Waals surface area contributed by atoms with Crippen LogP contribution in [0.5, 0.6) is 5.75 Å². The van der Waals surface area contributed by atoms with Crippen LogP contribution in [0.25, 0.3) is 6.08 Å². The number of benzene rings is 2. The molecule has 1 saturated heterocycles. The lowest BCUT2D eigenvalue weighted by molar-refractivity contribution is -0.160. The maximum atomic E-state index is 12.9. The van der Waals surface area contributed by atoms with Gasteiger partial charge >= 0.3 is 0 Å². The molecule has 6 nitrogen and oxygen atoms in total. The van der Waals surface area contributed by atoms with Gasteiger partial charge in [-0.25, -0.2) is 0 Å². The van der Waals surface area contributed by atoms with Crippen molar-refractivity contribution in [1.29, 1.82) is 0 Å². The zero-order valence-electron chi connectivity index (χ0n) is 16.7. The Labute approximate surface area is 171 Å². The number of hydrogen-bond donors (Lipinski definition) is 0. The first-order valence-electron chi connectivity index (χ1n) is 9.54. The molecule has 1 heterocycles. The first-order valence-corrected chi connectivity index (χ1v) is 9.54. The van der Waals surface area contributed by atoms with Crippen LogP contribution in [0.4, 0.5) is 0 Å². The molecule has 2 aromatic carbocycles. The lowest BCUT2D eigenvalue weighted by atomic mass is 9.91. The fourth-order valence-electron chi connectivity index (χ4n) is 3.47. The van der Waals surface area contributed by atoms with Gasteiger partial charge in [0, 0.05) is 20.2 Å². The Hall–Kier alpha value is -3.12. The largest absolute Gasteiger partial charge is 0.497 e. The number of ether oxygens (including phenoxy) is 2.